The lowest BCUT2D eigenvalue weighted by Crippen LogP contribution is -2.38. The molecule has 0 aliphatic carbocycles. The molecule has 2 aliphatic rings. The summed E-state index contributed by atoms with van der Waals surface area (Å²) in [5, 5.41) is 9.95. The third kappa shape index (κ3) is 1.10. The highest BCUT2D eigenvalue weighted by Gasteiger charge is 2.47. The highest BCUT2D eigenvalue weighted by atomic mass is 16.5. The van der Waals surface area contributed by atoms with E-state index in [1.54, 1.807) is 6.08 Å². The molecule has 2 heterocycles. The first-order valence-corrected chi connectivity index (χ1v) is 4.65. The standard InChI is InChI=1S/C10H16O2/c1-3-10(2,11)8-6-7-4-5-9(8)12-7/h3,7-9,11H,1,4-6H2,2H3. The van der Waals surface area contributed by atoms with E-state index < -0.39 is 5.60 Å². The topological polar surface area (TPSA) is 29.5 Å². The van der Waals surface area contributed by atoms with E-state index in [4.69, 9.17) is 4.74 Å². The summed E-state index contributed by atoms with van der Waals surface area (Å²) in [4.78, 5) is 0. The molecule has 0 radical (unpaired) electrons. The van der Waals surface area contributed by atoms with Crippen LogP contribution < -0.4 is 0 Å². The van der Waals surface area contributed by atoms with Gasteiger partial charge >= 0.3 is 0 Å². The molecule has 0 saturated carbocycles. The van der Waals surface area contributed by atoms with Gasteiger partial charge in [0, 0.05) is 5.92 Å². The van der Waals surface area contributed by atoms with E-state index in [1.807, 2.05) is 6.92 Å². The molecule has 2 heteroatoms. The lowest BCUT2D eigenvalue weighted by Gasteiger charge is -2.31. The minimum absolute atomic E-state index is 0.272. The Morgan fingerprint density at radius 2 is 2.33 bits per heavy atom. The molecule has 2 bridgehead atoms. The Bertz CT molecular complexity index is 198. The van der Waals surface area contributed by atoms with Crippen LogP contribution in [-0.4, -0.2) is 22.9 Å². The van der Waals surface area contributed by atoms with Crippen molar-refractivity contribution in [2.75, 3.05) is 0 Å². The van der Waals surface area contributed by atoms with Crippen LogP contribution in [-0.2, 0) is 4.74 Å². The maximum absolute atomic E-state index is 9.95. The SMILES string of the molecule is C=CC(C)(O)C1CC2CCC1O2. The number of fused-ring (bicyclic) bond motifs is 2. The van der Waals surface area contributed by atoms with Gasteiger partial charge in [-0.3, -0.25) is 0 Å². The first-order chi connectivity index (χ1) is 5.63. The van der Waals surface area contributed by atoms with Gasteiger partial charge in [-0.15, -0.1) is 6.58 Å². The Hall–Kier alpha value is -0.340. The Morgan fingerprint density at radius 1 is 1.58 bits per heavy atom. The summed E-state index contributed by atoms with van der Waals surface area (Å²) in [5.41, 5.74) is -0.736. The zero-order chi connectivity index (χ0) is 8.77. The molecule has 12 heavy (non-hydrogen) atoms. The van der Waals surface area contributed by atoms with Crippen molar-refractivity contribution in [2.45, 2.75) is 44.0 Å². The molecule has 4 atom stereocenters. The van der Waals surface area contributed by atoms with Crippen LogP contribution in [0.5, 0.6) is 0 Å². The normalized spacial score (nSPS) is 44.3. The van der Waals surface area contributed by atoms with Gasteiger partial charge in [0.25, 0.3) is 0 Å². The maximum Gasteiger partial charge on any atom is 0.0850 e. The third-order valence-electron chi connectivity index (χ3n) is 3.27. The Labute approximate surface area is 73.2 Å². The van der Waals surface area contributed by atoms with E-state index in [2.05, 4.69) is 6.58 Å². The van der Waals surface area contributed by atoms with Crippen LogP contribution in [0, 0.1) is 5.92 Å². The fourth-order valence-electron chi connectivity index (χ4n) is 2.40. The van der Waals surface area contributed by atoms with Gasteiger partial charge in [-0.05, 0) is 26.2 Å². The zero-order valence-corrected chi connectivity index (χ0v) is 7.49. The van der Waals surface area contributed by atoms with Crippen molar-refractivity contribution in [1.29, 1.82) is 0 Å². The van der Waals surface area contributed by atoms with Gasteiger partial charge in [0.1, 0.15) is 0 Å². The second-order valence-electron chi connectivity index (χ2n) is 4.15. The van der Waals surface area contributed by atoms with E-state index in [-0.39, 0.29) is 12.0 Å². The van der Waals surface area contributed by atoms with E-state index >= 15 is 0 Å². The van der Waals surface area contributed by atoms with Crippen LogP contribution in [0.25, 0.3) is 0 Å². The molecule has 2 aliphatic heterocycles. The molecular weight excluding hydrogens is 152 g/mol. The quantitative estimate of drug-likeness (QED) is 0.633. The van der Waals surface area contributed by atoms with Crippen molar-refractivity contribution in [3.8, 4) is 0 Å². The smallest absolute Gasteiger partial charge is 0.0850 e. The molecule has 0 amide bonds. The van der Waals surface area contributed by atoms with Crippen molar-refractivity contribution >= 4 is 0 Å². The molecule has 0 spiro atoms. The molecule has 2 fully saturated rings. The van der Waals surface area contributed by atoms with Gasteiger partial charge in [-0.25, -0.2) is 0 Å². The number of rotatable bonds is 2. The summed E-state index contributed by atoms with van der Waals surface area (Å²) < 4.78 is 5.67. The van der Waals surface area contributed by atoms with Crippen molar-refractivity contribution in [2.24, 2.45) is 5.92 Å². The van der Waals surface area contributed by atoms with Gasteiger partial charge in [-0.1, -0.05) is 6.08 Å². The average Bonchev–Trinajstić information content (AvgIpc) is 2.64. The number of hydrogen-bond acceptors (Lipinski definition) is 2. The Kier molecular flexibility index (Phi) is 1.77. The van der Waals surface area contributed by atoms with Crippen molar-refractivity contribution in [3.05, 3.63) is 12.7 Å². The third-order valence-corrected chi connectivity index (χ3v) is 3.27. The summed E-state index contributed by atoms with van der Waals surface area (Å²) in [5.74, 6) is 0.272. The molecule has 1 N–H and O–H groups in total. The monoisotopic (exact) mass is 168 g/mol. The van der Waals surface area contributed by atoms with Crippen LogP contribution in [0.4, 0.5) is 0 Å². The molecule has 2 saturated heterocycles. The Balaban J connectivity index is 2.11. The fraction of sp³-hybridized carbons (Fsp3) is 0.800. The highest BCUT2D eigenvalue weighted by Crippen LogP contribution is 2.44. The largest absolute Gasteiger partial charge is 0.386 e. The predicted molar refractivity (Wildman–Crippen MR) is 46.8 cm³/mol. The molecule has 0 aromatic rings. The number of hydrogen-bond donors (Lipinski definition) is 1. The first kappa shape index (κ1) is 8.27. The molecule has 0 aromatic carbocycles. The van der Waals surface area contributed by atoms with Gasteiger partial charge in [-0.2, -0.15) is 0 Å². The second-order valence-corrected chi connectivity index (χ2v) is 4.15. The molecule has 0 aromatic heterocycles. The summed E-state index contributed by atoms with van der Waals surface area (Å²) in [6.45, 7) is 5.48. The summed E-state index contributed by atoms with van der Waals surface area (Å²) >= 11 is 0. The average molecular weight is 168 g/mol. The minimum Gasteiger partial charge on any atom is -0.386 e. The molecule has 4 unspecified atom stereocenters. The van der Waals surface area contributed by atoms with Crippen molar-refractivity contribution in [1.82, 2.24) is 0 Å². The summed E-state index contributed by atoms with van der Waals surface area (Å²) in [6.07, 6.45) is 5.62. The van der Waals surface area contributed by atoms with Gasteiger partial charge in [0.2, 0.25) is 0 Å². The van der Waals surface area contributed by atoms with E-state index in [9.17, 15) is 5.11 Å². The van der Waals surface area contributed by atoms with Crippen LogP contribution in [0.2, 0.25) is 0 Å². The number of ether oxygens (including phenoxy) is 1. The summed E-state index contributed by atoms with van der Waals surface area (Å²) in [7, 11) is 0. The minimum atomic E-state index is -0.736. The Morgan fingerprint density at radius 3 is 2.75 bits per heavy atom. The van der Waals surface area contributed by atoms with Gasteiger partial charge in [0.15, 0.2) is 0 Å². The van der Waals surface area contributed by atoms with Crippen LogP contribution in [0.3, 0.4) is 0 Å². The lowest BCUT2D eigenvalue weighted by atomic mass is 9.78. The maximum atomic E-state index is 9.95. The molecular formula is C10H16O2. The first-order valence-electron chi connectivity index (χ1n) is 4.65. The van der Waals surface area contributed by atoms with Crippen LogP contribution >= 0.6 is 0 Å². The fourth-order valence-corrected chi connectivity index (χ4v) is 2.40. The van der Waals surface area contributed by atoms with Crippen molar-refractivity contribution in [3.63, 3.8) is 0 Å². The second kappa shape index (κ2) is 2.57. The number of aliphatic hydroxyl groups is 1. The van der Waals surface area contributed by atoms with Gasteiger partial charge in [0.05, 0.1) is 17.8 Å². The zero-order valence-electron chi connectivity index (χ0n) is 7.49. The van der Waals surface area contributed by atoms with E-state index in [0.717, 1.165) is 12.8 Å². The van der Waals surface area contributed by atoms with E-state index in [0.29, 0.717) is 6.10 Å². The van der Waals surface area contributed by atoms with Crippen LogP contribution in [0.1, 0.15) is 26.2 Å². The lowest BCUT2D eigenvalue weighted by molar-refractivity contribution is 0.00461. The molecule has 68 valence electrons. The summed E-state index contributed by atoms with van der Waals surface area (Å²) in [6, 6.07) is 0. The molecule has 2 nitrogen and oxygen atoms in total. The molecule has 2 rings (SSSR count). The van der Waals surface area contributed by atoms with Gasteiger partial charge < -0.3 is 9.84 Å². The van der Waals surface area contributed by atoms with Crippen LogP contribution in [0.15, 0.2) is 12.7 Å². The highest BCUT2D eigenvalue weighted by molar-refractivity contribution is 5.05. The van der Waals surface area contributed by atoms with E-state index in [1.165, 1.54) is 6.42 Å². The van der Waals surface area contributed by atoms with Crippen molar-refractivity contribution < 1.29 is 9.84 Å². The predicted octanol–water partition coefficient (Wildman–Crippen LogP) is 1.49.